The van der Waals surface area contributed by atoms with Crippen molar-refractivity contribution >= 4 is 23.0 Å². The quantitative estimate of drug-likeness (QED) is 0.189. The van der Waals surface area contributed by atoms with Gasteiger partial charge < -0.3 is 35.0 Å². The molecule has 2 unspecified atom stereocenters. The second-order valence-corrected chi connectivity index (χ2v) is 11.2. The normalized spacial score (nSPS) is 19.2. The summed E-state index contributed by atoms with van der Waals surface area (Å²) in [6.07, 6.45) is 3.76. The number of carbonyl (C=O) groups excluding carboxylic acids is 1. The molecule has 4 rings (SSSR count). The fraction of sp³-hybridized carbons (Fsp3) is 0.536. The number of phenolic OH excluding ortho intramolecular Hbond substituents is 3. The number of hydrogen-bond donors (Lipinski definition) is 4. The number of ether oxygens (including phenoxy) is 2. The van der Waals surface area contributed by atoms with Gasteiger partial charge in [-0.3, -0.25) is 4.79 Å². The molecule has 2 aliphatic rings. The van der Waals surface area contributed by atoms with Crippen LogP contribution in [0.15, 0.2) is 30.3 Å². The van der Waals surface area contributed by atoms with Gasteiger partial charge in [-0.05, 0) is 71.4 Å². The van der Waals surface area contributed by atoms with E-state index in [0.717, 1.165) is 19.3 Å². The molecule has 0 radical (unpaired) electrons. The molecule has 8 nitrogen and oxygen atoms in total. The van der Waals surface area contributed by atoms with Crippen molar-refractivity contribution in [2.24, 2.45) is 5.92 Å². The van der Waals surface area contributed by atoms with Crippen LogP contribution in [0.2, 0.25) is 0 Å². The van der Waals surface area contributed by atoms with E-state index in [-0.39, 0.29) is 51.7 Å². The van der Waals surface area contributed by atoms with Crippen molar-refractivity contribution in [1.82, 2.24) is 0 Å². The first-order valence-electron chi connectivity index (χ1n) is 12.7. The second-order valence-electron chi connectivity index (χ2n) is 11.2. The number of rotatable bonds is 10. The number of benzene rings is 2. The van der Waals surface area contributed by atoms with Gasteiger partial charge in [0, 0.05) is 25.3 Å². The highest BCUT2D eigenvalue weighted by Crippen LogP contribution is 2.46. The van der Waals surface area contributed by atoms with Crippen molar-refractivity contribution in [1.29, 1.82) is 0 Å². The lowest BCUT2D eigenvalue weighted by Crippen LogP contribution is -2.32. The maximum Gasteiger partial charge on any atom is 0.260 e. The summed E-state index contributed by atoms with van der Waals surface area (Å²) in [6, 6.07) is 7.38. The molecule has 2 heterocycles. The Morgan fingerprint density at radius 1 is 1.14 bits per heavy atom. The Labute approximate surface area is 212 Å². The van der Waals surface area contributed by atoms with E-state index in [9.17, 15) is 20.1 Å². The third kappa shape index (κ3) is 5.71. The van der Waals surface area contributed by atoms with Gasteiger partial charge in [-0.2, -0.15) is 0 Å². The zero-order valence-corrected chi connectivity index (χ0v) is 21.8. The number of nitrogens with one attached hydrogen (secondary N) is 1. The summed E-state index contributed by atoms with van der Waals surface area (Å²) in [4.78, 5) is 15.0. The molecule has 2 aliphatic heterocycles. The average Bonchev–Trinajstić information content (AvgIpc) is 3.44. The molecule has 2 aromatic rings. The van der Waals surface area contributed by atoms with Crippen LogP contribution in [0.4, 0.5) is 17.1 Å². The molecule has 1 saturated heterocycles. The van der Waals surface area contributed by atoms with Gasteiger partial charge in [0.2, 0.25) is 0 Å². The molecule has 8 heteroatoms. The third-order valence-electron chi connectivity index (χ3n) is 7.26. The first-order valence-corrected chi connectivity index (χ1v) is 12.7. The van der Waals surface area contributed by atoms with Crippen LogP contribution in [0.25, 0.3) is 0 Å². The average molecular weight is 499 g/mol. The first-order chi connectivity index (χ1) is 16.9. The van der Waals surface area contributed by atoms with Gasteiger partial charge in [0.1, 0.15) is 22.9 Å². The molecule has 36 heavy (non-hydrogen) atoms. The van der Waals surface area contributed by atoms with E-state index in [2.05, 4.69) is 39.9 Å². The SMILES string of the molecule is CC(CCOC(C)(C)CCC1OC1(C)C)CCN1C(=O)c2cccc(O)c2Nc2c(O)cc(O)cc21. The number of hydrogen-bond acceptors (Lipinski definition) is 7. The van der Waals surface area contributed by atoms with Crippen LogP contribution in [-0.2, 0) is 9.47 Å². The Morgan fingerprint density at radius 2 is 1.86 bits per heavy atom. The van der Waals surface area contributed by atoms with E-state index in [1.807, 2.05) is 0 Å². The lowest BCUT2D eigenvalue weighted by Gasteiger charge is -2.27. The Bertz CT molecular complexity index is 1130. The number of aromatic hydroxyl groups is 3. The van der Waals surface area contributed by atoms with Crippen molar-refractivity contribution in [3.8, 4) is 17.2 Å². The summed E-state index contributed by atoms with van der Waals surface area (Å²) in [7, 11) is 0. The summed E-state index contributed by atoms with van der Waals surface area (Å²) in [5.41, 5.74) is 0.927. The molecule has 0 aromatic heterocycles. The van der Waals surface area contributed by atoms with E-state index in [4.69, 9.17) is 9.47 Å². The number of para-hydroxylation sites is 1. The molecule has 0 saturated carbocycles. The standard InChI is InChI=1S/C28H38N2O6/c1-17(11-14-35-27(2,3)12-9-23-28(4,5)36-23)10-13-30-20-15-18(31)16-22(33)25(20)29-24-19(26(30)34)7-6-8-21(24)32/h6-8,15-17,23,29,31-33H,9-14H2,1-5H3. The van der Waals surface area contributed by atoms with Crippen LogP contribution in [0.1, 0.15) is 70.7 Å². The van der Waals surface area contributed by atoms with Crippen LogP contribution in [-0.4, -0.2) is 51.7 Å². The number of fused-ring (bicyclic) bond motifs is 2. The molecule has 0 bridgehead atoms. The number of anilines is 3. The summed E-state index contributed by atoms with van der Waals surface area (Å²) in [5.74, 6) is -0.487. The predicted molar refractivity (Wildman–Crippen MR) is 139 cm³/mol. The number of carbonyl (C=O) groups is 1. The van der Waals surface area contributed by atoms with Crippen LogP contribution in [0, 0.1) is 5.92 Å². The third-order valence-corrected chi connectivity index (χ3v) is 7.26. The van der Waals surface area contributed by atoms with Crippen molar-refractivity contribution in [3.63, 3.8) is 0 Å². The van der Waals surface area contributed by atoms with Crippen LogP contribution in [0.5, 0.6) is 17.2 Å². The Hall–Kier alpha value is -2.97. The Morgan fingerprint density at radius 3 is 2.56 bits per heavy atom. The lowest BCUT2D eigenvalue weighted by atomic mass is 9.97. The molecule has 4 N–H and O–H groups in total. The van der Waals surface area contributed by atoms with E-state index in [0.29, 0.717) is 36.9 Å². The summed E-state index contributed by atoms with van der Waals surface area (Å²) < 4.78 is 11.9. The van der Waals surface area contributed by atoms with Crippen molar-refractivity contribution < 1.29 is 29.6 Å². The van der Waals surface area contributed by atoms with Crippen molar-refractivity contribution in [3.05, 3.63) is 35.9 Å². The van der Waals surface area contributed by atoms with Gasteiger partial charge in [-0.25, -0.2) is 0 Å². The minimum absolute atomic E-state index is 0.00363. The van der Waals surface area contributed by atoms with Crippen LogP contribution in [0.3, 0.4) is 0 Å². The molecule has 2 aromatic carbocycles. The molecule has 0 aliphatic carbocycles. The molecule has 2 atom stereocenters. The summed E-state index contributed by atoms with van der Waals surface area (Å²) >= 11 is 0. The minimum Gasteiger partial charge on any atom is -0.508 e. The summed E-state index contributed by atoms with van der Waals surface area (Å²) in [6.45, 7) is 11.6. The highest BCUT2D eigenvalue weighted by Gasteiger charge is 2.47. The number of epoxide rings is 1. The molecule has 1 amide bonds. The Balaban J connectivity index is 1.39. The zero-order valence-electron chi connectivity index (χ0n) is 21.8. The van der Waals surface area contributed by atoms with Crippen LogP contribution < -0.4 is 10.2 Å². The fourth-order valence-corrected chi connectivity index (χ4v) is 4.71. The van der Waals surface area contributed by atoms with E-state index in [1.54, 1.807) is 17.0 Å². The summed E-state index contributed by atoms with van der Waals surface area (Å²) in [5, 5.41) is 34.0. The largest absolute Gasteiger partial charge is 0.508 e. The minimum atomic E-state index is -0.313. The van der Waals surface area contributed by atoms with Gasteiger partial charge >= 0.3 is 0 Å². The molecule has 0 spiro atoms. The topological polar surface area (TPSA) is 115 Å². The molecule has 1 fully saturated rings. The lowest BCUT2D eigenvalue weighted by molar-refractivity contribution is -0.0307. The van der Waals surface area contributed by atoms with Gasteiger partial charge in [0.05, 0.1) is 34.2 Å². The highest BCUT2D eigenvalue weighted by atomic mass is 16.6. The van der Waals surface area contributed by atoms with E-state index < -0.39 is 0 Å². The van der Waals surface area contributed by atoms with E-state index >= 15 is 0 Å². The maximum atomic E-state index is 13.5. The molecular weight excluding hydrogens is 460 g/mol. The van der Waals surface area contributed by atoms with Crippen LogP contribution >= 0.6 is 0 Å². The predicted octanol–water partition coefficient (Wildman–Crippen LogP) is 5.68. The first kappa shape index (κ1) is 26.1. The van der Waals surface area contributed by atoms with Gasteiger partial charge in [0.25, 0.3) is 5.91 Å². The fourth-order valence-electron chi connectivity index (χ4n) is 4.71. The second kappa shape index (κ2) is 9.82. The number of nitrogens with zero attached hydrogens (tertiary/aromatic N) is 1. The maximum absolute atomic E-state index is 13.5. The smallest absolute Gasteiger partial charge is 0.260 e. The Kier molecular flexibility index (Phi) is 7.12. The molecule has 196 valence electrons. The highest BCUT2D eigenvalue weighted by molar-refractivity contribution is 6.15. The number of phenols is 3. The number of amides is 1. The van der Waals surface area contributed by atoms with E-state index in [1.165, 1.54) is 18.2 Å². The zero-order chi connectivity index (χ0) is 26.3. The van der Waals surface area contributed by atoms with Crippen molar-refractivity contribution in [2.75, 3.05) is 23.4 Å². The van der Waals surface area contributed by atoms with Gasteiger partial charge in [-0.15, -0.1) is 0 Å². The van der Waals surface area contributed by atoms with Crippen molar-refractivity contribution in [2.45, 2.75) is 77.6 Å². The van der Waals surface area contributed by atoms with Gasteiger partial charge in [0.15, 0.2) is 0 Å². The monoisotopic (exact) mass is 498 g/mol. The van der Waals surface area contributed by atoms with Gasteiger partial charge in [-0.1, -0.05) is 13.0 Å². The molecular formula is C28H38N2O6.